The monoisotopic (exact) mass is 1440 g/mol. The van der Waals surface area contributed by atoms with Gasteiger partial charge in [0.05, 0.1) is 28.8 Å². The summed E-state index contributed by atoms with van der Waals surface area (Å²) >= 11 is 0. The molecule has 0 aliphatic heterocycles. The number of hydrogen-bond donors (Lipinski definition) is 4. The van der Waals surface area contributed by atoms with Crippen LogP contribution in [0.25, 0.3) is 0 Å². The first-order valence-corrected chi connectivity index (χ1v) is 26.0. The van der Waals surface area contributed by atoms with Crippen molar-refractivity contribution in [1.82, 2.24) is 0 Å². The normalized spacial score (nSPS) is 19.0. The van der Waals surface area contributed by atoms with Crippen molar-refractivity contribution in [2.75, 3.05) is 13.7 Å². The fourth-order valence-corrected chi connectivity index (χ4v) is 8.00. The third kappa shape index (κ3) is 23.1. The van der Waals surface area contributed by atoms with Crippen molar-refractivity contribution >= 4 is 23.9 Å². The summed E-state index contributed by atoms with van der Waals surface area (Å²) in [7, 11) is 1.42. The minimum atomic E-state index is -6.06. The molecule has 3 fully saturated rings. The molecule has 0 amide bonds. The lowest BCUT2D eigenvalue weighted by atomic mass is 9.79. The third-order valence-electron chi connectivity index (χ3n) is 16.0. The highest BCUT2D eigenvalue weighted by Gasteiger charge is 2.83. The first-order valence-electron chi connectivity index (χ1n) is 26.0. The second-order valence-electron chi connectivity index (χ2n) is 23.9. The lowest BCUT2D eigenvalue weighted by molar-refractivity contribution is -0.412. The number of ether oxygens (including phenoxy) is 4. The lowest BCUT2D eigenvalue weighted by Gasteiger charge is -2.46. The quantitative estimate of drug-likeness (QED) is 0.0734. The molecule has 3 aliphatic rings. The van der Waals surface area contributed by atoms with E-state index in [0.29, 0.717) is 13.8 Å². The van der Waals surface area contributed by atoms with Gasteiger partial charge in [-0.2, -0.15) is 92.2 Å². The smallest absolute Gasteiger partial charge is 0.430 e. The molecule has 0 aromatic rings. The summed E-state index contributed by atoms with van der Waals surface area (Å²) in [5.74, 6) is -10.5. The number of alkyl halides is 23. The van der Waals surface area contributed by atoms with Crippen molar-refractivity contribution in [3.63, 3.8) is 0 Å². The first kappa shape index (κ1) is 111. The summed E-state index contributed by atoms with van der Waals surface area (Å²) in [6.07, 6.45) is -41.6. The van der Waals surface area contributed by atoms with Gasteiger partial charge in [0.1, 0.15) is 6.61 Å². The molecule has 0 saturated heterocycles. The number of carbonyl (C=O) groups excluding carboxylic acids is 4. The molecule has 3 atom stereocenters. The van der Waals surface area contributed by atoms with Crippen LogP contribution in [-0.2, 0) is 38.1 Å². The summed E-state index contributed by atoms with van der Waals surface area (Å²) in [6, 6.07) is 0. The molecule has 3 rings (SSSR count). The minimum Gasteiger partial charge on any atom is -0.469 e. The van der Waals surface area contributed by atoms with Crippen LogP contribution in [0.4, 0.5) is 101 Å². The zero-order chi connectivity index (χ0) is 69.8. The molecular formula is C59H107F23O12. The summed E-state index contributed by atoms with van der Waals surface area (Å²) in [5.41, 5.74) is -29.5. The van der Waals surface area contributed by atoms with Gasteiger partial charge in [-0.05, 0) is 140 Å². The zero-order valence-electron chi connectivity index (χ0n) is 49.4. The number of carbonyl (C=O) groups is 4. The maximum atomic E-state index is 13.2. The SMILES string of the molecule is C.C.C.C.C.C.C.C.CCC(C)(C)C(=O)OC.CCC(C)(C)C(=O)OC(C)(C)C(O)(C(F)(F)F)C(F)(F)F.CCC(C)(C)C(=O)OC1(C(O)(C(F)(F)F)C(F)(F)F)CCCC1.CCC(C)(C)C(=O)OCC(O)(C(F)(F)F)C(F)(F)F.OC1(C(F)(F)F)C2CCC(C2)C1(F)F. The number of halogens is 23. The molecule has 0 spiro atoms. The Kier molecular flexibility index (Phi) is 43.0. The molecule has 35 heteroatoms. The molecule has 0 heterocycles. The highest BCUT2D eigenvalue weighted by Crippen LogP contribution is 2.64. The Morgan fingerprint density at radius 3 is 0.979 bits per heavy atom. The van der Waals surface area contributed by atoms with Gasteiger partial charge in [0, 0.05) is 11.8 Å². The molecule has 3 aliphatic carbocycles. The van der Waals surface area contributed by atoms with Crippen molar-refractivity contribution in [2.45, 2.75) is 310 Å². The van der Waals surface area contributed by atoms with Crippen molar-refractivity contribution in [2.24, 2.45) is 33.5 Å². The van der Waals surface area contributed by atoms with E-state index in [1.807, 2.05) is 20.8 Å². The molecular weight excluding hydrogens is 1340 g/mol. The zero-order valence-corrected chi connectivity index (χ0v) is 49.4. The standard InChI is InChI=1S/C14H20F6O3.C12H18F6O3.C10H14F6O3.C8H9F5O.C7H14O2.8CH4/c1-4-10(2,3)9(21)23-11(7-5-6-8-11)12(22,13(15,16)17)14(18,19)20;1-6-8(2,3)7(19)21-9(4,5)10(20,11(13,14)15)12(16,17)18;1-4-7(2,3)6(17)19-5-8(18,9(11,12)13)10(14,15)16;9-7(10)5-2-1-4(3-5)6(7,14)8(11,12)13;1-5-7(2,3)6(8)9-4;;;;;;;;/h22H,4-8H2,1-3H3;20H,6H2,1-5H3;18H,4-5H2,1-3H3;4-5,14H,1-3H2;5H2,1-4H3;8*1H4. The maximum absolute atomic E-state index is 13.2. The third-order valence-corrected chi connectivity index (χ3v) is 16.0. The van der Waals surface area contributed by atoms with E-state index in [2.05, 4.69) is 14.2 Å². The predicted octanol–water partition coefficient (Wildman–Crippen LogP) is 19.6. The van der Waals surface area contributed by atoms with E-state index < -0.39 is 148 Å². The van der Waals surface area contributed by atoms with Crippen LogP contribution >= 0.6 is 0 Å². The Hall–Kier alpha value is -3.89. The fraction of sp³-hybridized carbons (Fsp3) is 0.932. The van der Waals surface area contributed by atoms with E-state index in [1.54, 1.807) is 6.92 Å². The Bertz CT molecular complexity index is 2200. The van der Waals surface area contributed by atoms with Crippen LogP contribution in [-0.4, -0.2) is 141 Å². The number of hydrogen-bond acceptors (Lipinski definition) is 12. The minimum absolute atomic E-state index is 0. The van der Waals surface area contributed by atoms with Crippen LogP contribution in [0.15, 0.2) is 0 Å². The summed E-state index contributed by atoms with van der Waals surface area (Å²) in [6.45, 7) is 16.8. The molecule has 3 saturated carbocycles. The molecule has 3 unspecified atom stereocenters. The molecule has 94 heavy (non-hydrogen) atoms. The largest absolute Gasteiger partial charge is 0.469 e. The van der Waals surface area contributed by atoms with Crippen LogP contribution in [0, 0.1) is 33.5 Å². The Morgan fingerprint density at radius 1 is 0.447 bits per heavy atom. The highest BCUT2D eigenvalue weighted by molar-refractivity contribution is 5.77. The first-order chi connectivity index (χ1) is 37.5. The van der Waals surface area contributed by atoms with Crippen LogP contribution in [0.3, 0.4) is 0 Å². The average molecular weight is 1450 g/mol. The second-order valence-corrected chi connectivity index (χ2v) is 23.9. The molecule has 2 bridgehead atoms. The topological polar surface area (TPSA) is 186 Å². The molecule has 576 valence electrons. The van der Waals surface area contributed by atoms with Crippen molar-refractivity contribution < 1.29 is 160 Å². The van der Waals surface area contributed by atoms with Crippen LogP contribution in [0.1, 0.15) is 227 Å². The van der Waals surface area contributed by atoms with Crippen molar-refractivity contribution in [3.05, 3.63) is 0 Å². The highest BCUT2D eigenvalue weighted by atomic mass is 19.4. The lowest BCUT2D eigenvalue weighted by Crippen LogP contribution is -2.71. The van der Waals surface area contributed by atoms with Gasteiger partial charge in [-0.1, -0.05) is 87.1 Å². The Morgan fingerprint density at radius 2 is 0.745 bits per heavy atom. The Labute approximate surface area is 539 Å². The molecule has 12 nitrogen and oxygen atoms in total. The van der Waals surface area contributed by atoms with Crippen LogP contribution < -0.4 is 0 Å². The van der Waals surface area contributed by atoms with E-state index in [9.17, 15) is 135 Å². The van der Waals surface area contributed by atoms with E-state index in [-0.39, 0.29) is 122 Å². The number of aliphatic hydroxyl groups is 4. The van der Waals surface area contributed by atoms with Gasteiger partial charge in [-0.15, -0.1) is 0 Å². The Balaban J connectivity index is -0.000000118. The molecule has 4 N–H and O–H groups in total. The van der Waals surface area contributed by atoms with E-state index in [4.69, 9.17) is 9.84 Å². The predicted molar refractivity (Wildman–Crippen MR) is 309 cm³/mol. The van der Waals surface area contributed by atoms with Gasteiger partial charge in [0.25, 0.3) is 22.7 Å². The summed E-state index contributed by atoms with van der Waals surface area (Å²) in [5, 5.41) is 36.9. The summed E-state index contributed by atoms with van der Waals surface area (Å²) < 4.78 is 310. The number of rotatable bonds is 14. The fourth-order valence-electron chi connectivity index (χ4n) is 8.00. The van der Waals surface area contributed by atoms with Gasteiger partial charge in [0.2, 0.25) is 5.60 Å². The van der Waals surface area contributed by atoms with Gasteiger partial charge in [0.15, 0.2) is 11.2 Å². The summed E-state index contributed by atoms with van der Waals surface area (Å²) in [4.78, 5) is 46.0. The number of esters is 4. The molecule has 0 aromatic carbocycles. The maximum Gasteiger partial charge on any atom is 0.430 e. The average Bonchev–Trinajstić information content (AvgIpc) is 1.42. The van der Waals surface area contributed by atoms with Crippen molar-refractivity contribution in [1.29, 1.82) is 0 Å². The van der Waals surface area contributed by atoms with Crippen LogP contribution in [0.2, 0.25) is 0 Å². The van der Waals surface area contributed by atoms with E-state index in [1.165, 1.54) is 62.5 Å². The molecule has 0 radical (unpaired) electrons. The van der Waals surface area contributed by atoms with E-state index in [0.717, 1.165) is 6.42 Å². The van der Waals surface area contributed by atoms with E-state index >= 15 is 0 Å². The van der Waals surface area contributed by atoms with Crippen molar-refractivity contribution in [3.8, 4) is 0 Å². The van der Waals surface area contributed by atoms with Crippen LogP contribution in [0.5, 0.6) is 0 Å². The number of methoxy groups -OCH3 is 1. The van der Waals surface area contributed by atoms with Gasteiger partial charge in [-0.3, -0.25) is 19.2 Å². The second kappa shape index (κ2) is 36.3. The van der Waals surface area contributed by atoms with Gasteiger partial charge >= 0.3 is 67.1 Å². The molecule has 0 aromatic heterocycles. The van der Waals surface area contributed by atoms with Gasteiger partial charge < -0.3 is 39.4 Å². The number of fused-ring (bicyclic) bond motifs is 2. The van der Waals surface area contributed by atoms with Gasteiger partial charge in [-0.25, -0.2) is 8.78 Å².